The number of benzene rings is 1. The Kier molecular flexibility index (Phi) is 4.65. The molecule has 1 aliphatic rings. The highest BCUT2D eigenvalue weighted by molar-refractivity contribution is 7.90. The predicted molar refractivity (Wildman–Crippen MR) is 78.8 cm³/mol. The van der Waals surface area contributed by atoms with Crippen LogP contribution in [0.15, 0.2) is 29.2 Å². The first-order valence-electron chi connectivity index (χ1n) is 6.70. The summed E-state index contributed by atoms with van der Waals surface area (Å²) in [5.74, 6) is -0.200. The molecule has 1 fully saturated rings. The third-order valence-electron chi connectivity index (χ3n) is 3.71. The number of methoxy groups -OCH3 is 1. The molecule has 1 amide bonds. The lowest BCUT2D eigenvalue weighted by molar-refractivity contribution is 0.0162. The normalized spacial score (nSPS) is 23.1. The molecule has 1 saturated heterocycles. The molecule has 6 nitrogen and oxygen atoms in total. The van der Waals surface area contributed by atoms with Crippen molar-refractivity contribution >= 4 is 15.7 Å². The average Bonchev–Trinajstić information content (AvgIpc) is 2.46. The zero-order valence-corrected chi connectivity index (χ0v) is 13.0. The molecule has 0 radical (unpaired) electrons. The first kappa shape index (κ1) is 15.9. The van der Waals surface area contributed by atoms with Crippen molar-refractivity contribution in [1.82, 2.24) is 4.90 Å². The van der Waals surface area contributed by atoms with Crippen LogP contribution < -0.4 is 5.73 Å². The van der Waals surface area contributed by atoms with Gasteiger partial charge in [-0.15, -0.1) is 0 Å². The Hall–Kier alpha value is -1.44. The number of sulfone groups is 1. The Morgan fingerprint density at radius 1 is 1.43 bits per heavy atom. The van der Waals surface area contributed by atoms with Gasteiger partial charge in [0.25, 0.3) is 5.91 Å². The van der Waals surface area contributed by atoms with Gasteiger partial charge in [0.1, 0.15) is 0 Å². The molecule has 0 spiro atoms. The van der Waals surface area contributed by atoms with Gasteiger partial charge in [-0.1, -0.05) is 6.07 Å². The SMILES string of the molecule is CO[C@@H]1CN(C(=O)c2cccc(S(C)(=O)=O)c2)CC[C@@H]1N. The second-order valence-corrected chi connectivity index (χ2v) is 7.29. The molecule has 0 saturated carbocycles. The molecule has 2 rings (SSSR count). The number of carbonyl (C=O) groups is 1. The van der Waals surface area contributed by atoms with E-state index in [-0.39, 0.29) is 22.9 Å². The molecular weight excluding hydrogens is 292 g/mol. The summed E-state index contributed by atoms with van der Waals surface area (Å²) in [7, 11) is -1.76. The Labute approximate surface area is 124 Å². The molecule has 2 N–H and O–H groups in total. The van der Waals surface area contributed by atoms with E-state index in [9.17, 15) is 13.2 Å². The minimum Gasteiger partial charge on any atom is -0.378 e. The van der Waals surface area contributed by atoms with Crippen molar-refractivity contribution < 1.29 is 17.9 Å². The minimum absolute atomic E-state index is 0.0820. The van der Waals surface area contributed by atoms with Crippen LogP contribution >= 0.6 is 0 Å². The third kappa shape index (κ3) is 3.61. The van der Waals surface area contributed by atoms with Crippen LogP contribution in [-0.4, -0.2) is 57.8 Å². The van der Waals surface area contributed by atoms with E-state index in [0.717, 1.165) is 6.26 Å². The van der Waals surface area contributed by atoms with E-state index in [1.165, 1.54) is 12.1 Å². The topological polar surface area (TPSA) is 89.7 Å². The summed E-state index contributed by atoms with van der Waals surface area (Å²) in [6, 6.07) is 6.01. The van der Waals surface area contributed by atoms with Gasteiger partial charge in [0, 0.05) is 38.1 Å². The van der Waals surface area contributed by atoms with Crippen LogP contribution in [0.5, 0.6) is 0 Å². The molecule has 0 aromatic heterocycles. The molecule has 116 valence electrons. The van der Waals surface area contributed by atoms with Crippen LogP contribution in [0.3, 0.4) is 0 Å². The van der Waals surface area contributed by atoms with Gasteiger partial charge in [-0.25, -0.2) is 8.42 Å². The van der Waals surface area contributed by atoms with E-state index in [1.807, 2.05) is 0 Å². The first-order chi connectivity index (χ1) is 9.82. The molecular formula is C14H20N2O4S. The Morgan fingerprint density at radius 2 is 2.14 bits per heavy atom. The van der Waals surface area contributed by atoms with Crippen molar-refractivity contribution in [2.24, 2.45) is 5.73 Å². The highest BCUT2D eigenvalue weighted by Crippen LogP contribution is 2.17. The molecule has 0 bridgehead atoms. The molecule has 0 aliphatic carbocycles. The van der Waals surface area contributed by atoms with Gasteiger partial charge >= 0.3 is 0 Å². The summed E-state index contributed by atoms with van der Waals surface area (Å²) < 4.78 is 28.4. The van der Waals surface area contributed by atoms with Gasteiger partial charge in [0.15, 0.2) is 9.84 Å². The second kappa shape index (κ2) is 6.13. The van der Waals surface area contributed by atoms with Crippen LogP contribution in [0.1, 0.15) is 16.8 Å². The first-order valence-corrected chi connectivity index (χ1v) is 8.60. The van der Waals surface area contributed by atoms with Crippen molar-refractivity contribution in [2.45, 2.75) is 23.5 Å². The highest BCUT2D eigenvalue weighted by Gasteiger charge is 2.29. The zero-order valence-electron chi connectivity index (χ0n) is 12.2. The lowest BCUT2D eigenvalue weighted by atomic mass is 10.0. The third-order valence-corrected chi connectivity index (χ3v) is 4.82. The van der Waals surface area contributed by atoms with E-state index in [1.54, 1.807) is 24.1 Å². The second-order valence-electron chi connectivity index (χ2n) is 5.28. The number of rotatable bonds is 3. The van der Waals surface area contributed by atoms with E-state index in [4.69, 9.17) is 10.5 Å². The van der Waals surface area contributed by atoms with Crippen LogP contribution in [0.2, 0.25) is 0 Å². The van der Waals surface area contributed by atoms with Crippen molar-refractivity contribution in [2.75, 3.05) is 26.5 Å². The van der Waals surface area contributed by atoms with E-state index in [2.05, 4.69) is 0 Å². The van der Waals surface area contributed by atoms with Crippen molar-refractivity contribution in [3.8, 4) is 0 Å². The summed E-state index contributed by atoms with van der Waals surface area (Å²) in [6.45, 7) is 0.961. The lowest BCUT2D eigenvalue weighted by Crippen LogP contribution is -2.53. The zero-order chi connectivity index (χ0) is 15.6. The molecule has 1 aromatic rings. The number of hydrogen-bond acceptors (Lipinski definition) is 5. The maximum absolute atomic E-state index is 12.5. The maximum atomic E-state index is 12.5. The van der Waals surface area contributed by atoms with Crippen molar-refractivity contribution in [1.29, 1.82) is 0 Å². The summed E-state index contributed by atoms with van der Waals surface area (Å²) in [5.41, 5.74) is 6.29. The van der Waals surface area contributed by atoms with E-state index < -0.39 is 9.84 Å². The Morgan fingerprint density at radius 3 is 2.76 bits per heavy atom. The Bertz CT molecular complexity index is 630. The molecule has 2 atom stereocenters. The van der Waals surface area contributed by atoms with Gasteiger partial charge in [-0.3, -0.25) is 4.79 Å². The number of likely N-dealkylation sites (tertiary alicyclic amines) is 1. The van der Waals surface area contributed by atoms with Crippen LogP contribution in [-0.2, 0) is 14.6 Å². The number of hydrogen-bond donors (Lipinski definition) is 1. The van der Waals surface area contributed by atoms with Crippen molar-refractivity contribution in [3.63, 3.8) is 0 Å². The fourth-order valence-corrected chi connectivity index (χ4v) is 3.08. The van der Waals surface area contributed by atoms with Crippen LogP contribution in [0.25, 0.3) is 0 Å². The number of carbonyl (C=O) groups excluding carboxylic acids is 1. The average molecular weight is 312 g/mol. The predicted octanol–water partition coefficient (Wildman–Crippen LogP) is 0.278. The molecule has 7 heteroatoms. The van der Waals surface area contributed by atoms with Gasteiger partial charge < -0.3 is 15.4 Å². The minimum atomic E-state index is -3.33. The monoisotopic (exact) mass is 312 g/mol. The summed E-state index contributed by atoms with van der Waals surface area (Å²) in [5, 5.41) is 0. The fourth-order valence-electron chi connectivity index (χ4n) is 2.41. The summed E-state index contributed by atoms with van der Waals surface area (Å²) in [6.07, 6.45) is 1.59. The number of nitrogens with two attached hydrogens (primary N) is 1. The fraction of sp³-hybridized carbons (Fsp3) is 0.500. The molecule has 0 unspecified atom stereocenters. The van der Waals surface area contributed by atoms with Gasteiger partial charge in [0.05, 0.1) is 11.0 Å². The van der Waals surface area contributed by atoms with Gasteiger partial charge in [0.2, 0.25) is 0 Å². The molecule has 21 heavy (non-hydrogen) atoms. The van der Waals surface area contributed by atoms with E-state index in [0.29, 0.717) is 25.1 Å². The Balaban J connectivity index is 2.21. The quantitative estimate of drug-likeness (QED) is 0.866. The van der Waals surface area contributed by atoms with Crippen molar-refractivity contribution in [3.05, 3.63) is 29.8 Å². The standard InChI is InChI=1S/C14H20N2O4S/c1-20-13-9-16(7-6-12(13)15)14(17)10-4-3-5-11(8-10)21(2,18)19/h3-5,8,12-13H,6-7,9,15H2,1-2H3/t12-,13+/m0/s1. The number of amides is 1. The van der Waals surface area contributed by atoms with Crippen LogP contribution in [0.4, 0.5) is 0 Å². The lowest BCUT2D eigenvalue weighted by Gasteiger charge is -2.36. The maximum Gasteiger partial charge on any atom is 0.253 e. The number of piperidine rings is 1. The van der Waals surface area contributed by atoms with Gasteiger partial charge in [-0.2, -0.15) is 0 Å². The molecule has 1 heterocycles. The smallest absolute Gasteiger partial charge is 0.253 e. The number of ether oxygens (including phenoxy) is 1. The summed E-state index contributed by atoms with van der Waals surface area (Å²) >= 11 is 0. The molecule has 1 aromatic carbocycles. The van der Waals surface area contributed by atoms with Crippen LogP contribution in [0, 0.1) is 0 Å². The van der Waals surface area contributed by atoms with E-state index >= 15 is 0 Å². The largest absolute Gasteiger partial charge is 0.378 e. The summed E-state index contributed by atoms with van der Waals surface area (Å²) in [4.78, 5) is 14.3. The van der Waals surface area contributed by atoms with Gasteiger partial charge in [-0.05, 0) is 24.6 Å². The highest BCUT2D eigenvalue weighted by atomic mass is 32.2. The number of nitrogens with zero attached hydrogens (tertiary/aromatic N) is 1. The molecule has 1 aliphatic heterocycles.